The molecule has 0 aromatic heterocycles. The quantitative estimate of drug-likeness (QED) is 0.627. The summed E-state index contributed by atoms with van der Waals surface area (Å²) in [5, 5.41) is 3.25. The SMILES string of the molecule is CCOC(=O)/C=C(\C)N[C@H](C)c1ccccc1. The smallest absolute Gasteiger partial charge is 0.332 e. The van der Waals surface area contributed by atoms with Crippen LogP contribution in [0.25, 0.3) is 0 Å². The highest BCUT2D eigenvalue weighted by atomic mass is 16.5. The highest BCUT2D eigenvalue weighted by Crippen LogP contribution is 2.12. The molecule has 0 amide bonds. The Morgan fingerprint density at radius 3 is 2.65 bits per heavy atom. The summed E-state index contributed by atoms with van der Waals surface area (Å²) in [6.07, 6.45) is 1.48. The Bertz CT molecular complexity index is 384. The predicted octanol–water partition coefficient (Wildman–Crippen LogP) is 2.80. The van der Waals surface area contributed by atoms with Gasteiger partial charge >= 0.3 is 5.97 Å². The molecule has 17 heavy (non-hydrogen) atoms. The van der Waals surface area contributed by atoms with Crippen molar-refractivity contribution >= 4 is 5.97 Å². The van der Waals surface area contributed by atoms with Crippen molar-refractivity contribution in [2.45, 2.75) is 26.8 Å². The van der Waals surface area contributed by atoms with Crippen LogP contribution in [-0.2, 0) is 9.53 Å². The maximum Gasteiger partial charge on any atom is 0.332 e. The fourth-order valence-corrected chi connectivity index (χ4v) is 1.57. The van der Waals surface area contributed by atoms with E-state index in [4.69, 9.17) is 4.74 Å². The van der Waals surface area contributed by atoms with Crippen molar-refractivity contribution in [3.8, 4) is 0 Å². The molecule has 1 atom stereocenters. The van der Waals surface area contributed by atoms with E-state index in [0.29, 0.717) is 6.61 Å². The normalized spacial score (nSPS) is 13.0. The molecule has 0 spiro atoms. The van der Waals surface area contributed by atoms with Gasteiger partial charge in [0, 0.05) is 17.8 Å². The number of ether oxygens (including phenoxy) is 1. The lowest BCUT2D eigenvalue weighted by Gasteiger charge is -2.15. The molecule has 0 bridgehead atoms. The third kappa shape index (κ3) is 4.72. The van der Waals surface area contributed by atoms with Crippen LogP contribution in [0.1, 0.15) is 32.4 Å². The van der Waals surface area contributed by atoms with Crippen molar-refractivity contribution in [3.05, 3.63) is 47.7 Å². The van der Waals surface area contributed by atoms with Crippen molar-refractivity contribution in [3.63, 3.8) is 0 Å². The topological polar surface area (TPSA) is 38.3 Å². The van der Waals surface area contributed by atoms with Gasteiger partial charge in [-0.25, -0.2) is 4.79 Å². The largest absolute Gasteiger partial charge is 0.463 e. The second kappa shape index (κ2) is 6.74. The number of nitrogens with one attached hydrogen (secondary N) is 1. The molecule has 0 saturated heterocycles. The van der Waals surface area contributed by atoms with Crippen LogP contribution in [-0.4, -0.2) is 12.6 Å². The zero-order chi connectivity index (χ0) is 12.7. The Morgan fingerprint density at radius 2 is 2.06 bits per heavy atom. The Morgan fingerprint density at radius 1 is 1.41 bits per heavy atom. The van der Waals surface area contributed by atoms with Crippen LogP contribution in [0.4, 0.5) is 0 Å². The lowest BCUT2D eigenvalue weighted by Crippen LogP contribution is -2.17. The van der Waals surface area contributed by atoms with Gasteiger partial charge in [0.1, 0.15) is 0 Å². The number of hydrogen-bond donors (Lipinski definition) is 1. The Kier molecular flexibility index (Phi) is 5.27. The van der Waals surface area contributed by atoms with Crippen LogP contribution in [0.15, 0.2) is 42.1 Å². The van der Waals surface area contributed by atoms with E-state index in [-0.39, 0.29) is 12.0 Å². The van der Waals surface area contributed by atoms with E-state index in [0.717, 1.165) is 5.70 Å². The van der Waals surface area contributed by atoms with Crippen LogP contribution in [0.2, 0.25) is 0 Å². The molecular formula is C14H19NO2. The predicted molar refractivity (Wildman–Crippen MR) is 68.4 cm³/mol. The Hall–Kier alpha value is -1.77. The summed E-state index contributed by atoms with van der Waals surface area (Å²) in [6.45, 7) is 6.10. The summed E-state index contributed by atoms with van der Waals surface area (Å²) in [7, 11) is 0. The van der Waals surface area contributed by atoms with Crippen molar-refractivity contribution in [2.75, 3.05) is 6.61 Å². The summed E-state index contributed by atoms with van der Waals surface area (Å²) in [4.78, 5) is 11.2. The molecule has 0 saturated carbocycles. The van der Waals surface area contributed by atoms with Gasteiger partial charge in [-0.05, 0) is 26.3 Å². The first-order valence-corrected chi connectivity index (χ1v) is 5.80. The number of carbonyl (C=O) groups is 1. The van der Waals surface area contributed by atoms with Crippen molar-refractivity contribution in [1.29, 1.82) is 0 Å². The Balaban J connectivity index is 2.57. The number of allylic oxidation sites excluding steroid dienone is 1. The highest BCUT2D eigenvalue weighted by molar-refractivity contribution is 5.82. The van der Waals surface area contributed by atoms with Gasteiger partial charge in [0.2, 0.25) is 0 Å². The van der Waals surface area contributed by atoms with Crippen molar-refractivity contribution in [2.24, 2.45) is 0 Å². The van der Waals surface area contributed by atoms with Crippen LogP contribution < -0.4 is 5.32 Å². The minimum atomic E-state index is -0.308. The molecule has 0 aliphatic carbocycles. The minimum absolute atomic E-state index is 0.168. The number of benzene rings is 1. The molecule has 92 valence electrons. The van der Waals surface area contributed by atoms with Crippen LogP contribution in [0.5, 0.6) is 0 Å². The summed E-state index contributed by atoms with van der Waals surface area (Å²) in [5.41, 5.74) is 1.99. The lowest BCUT2D eigenvalue weighted by molar-refractivity contribution is -0.137. The first-order chi connectivity index (χ1) is 8.13. The van der Waals surface area contributed by atoms with Gasteiger partial charge in [-0.2, -0.15) is 0 Å². The highest BCUT2D eigenvalue weighted by Gasteiger charge is 2.05. The number of hydrogen-bond acceptors (Lipinski definition) is 3. The molecule has 0 aliphatic rings. The number of carbonyl (C=O) groups excluding carboxylic acids is 1. The first kappa shape index (κ1) is 13.3. The number of rotatable bonds is 5. The molecule has 0 radical (unpaired) electrons. The van der Waals surface area contributed by atoms with Gasteiger partial charge in [0.05, 0.1) is 6.61 Å². The summed E-state index contributed by atoms with van der Waals surface area (Å²) in [5.74, 6) is -0.308. The molecular weight excluding hydrogens is 214 g/mol. The standard InChI is InChI=1S/C14H19NO2/c1-4-17-14(16)10-11(2)15-12(3)13-8-6-5-7-9-13/h5-10,12,15H,4H2,1-3H3/b11-10+/t12-/m1/s1. The van der Waals surface area contributed by atoms with Crippen molar-refractivity contribution < 1.29 is 9.53 Å². The Labute approximate surface area is 102 Å². The van der Waals surface area contributed by atoms with E-state index in [1.165, 1.54) is 11.6 Å². The van der Waals surface area contributed by atoms with Crippen LogP contribution >= 0.6 is 0 Å². The van der Waals surface area contributed by atoms with Gasteiger partial charge in [0.15, 0.2) is 0 Å². The first-order valence-electron chi connectivity index (χ1n) is 5.80. The van der Waals surface area contributed by atoms with Crippen LogP contribution in [0, 0.1) is 0 Å². The van der Waals surface area contributed by atoms with E-state index in [2.05, 4.69) is 24.4 Å². The molecule has 0 unspecified atom stereocenters. The molecule has 1 N–H and O–H groups in total. The van der Waals surface area contributed by atoms with E-state index in [9.17, 15) is 4.79 Å². The third-order valence-corrected chi connectivity index (χ3v) is 2.36. The monoisotopic (exact) mass is 233 g/mol. The molecule has 3 heteroatoms. The zero-order valence-electron chi connectivity index (χ0n) is 10.6. The van der Waals surface area contributed by atoms with Gasteiger partial charge in [0.25, 0.3) is 0 Å². The third-order valence-electron chi connectivity index (χ3n) is 2.36. The molecule has 0 aliphatic heterocycles. The van der Waals surface area contributed by atoms with E-state index >= 15 is 0 Å². The van der Waals surface area contributed by atoms with Gasteiger partial charge in [-0.15, -0.1) is 0 Å². The van der Waals surface area contributed by atoms with Gasteiger partial charge < -0.3 is 10.1 Å². The van der Waals surface area contributed by atoms with Crippen molar-refractivity contribution in [1.82, 2.24) is 5.32 Å². The summed E-state index contributed by atoms with van der Waals surface area (Å²) >= 11 is 0. The van der Waals surface area contributed by atoms with Crippen LogP contribution in [0.3, 0.4) is 0 Å². The minimum Gasteiger partial charge on any atom is -0.463 e. The molecule has 0 fully saturated rings. The average molecular weight is 233 g/mol. The van der Waals surface area contributed by atoms with E-state index in [1.807, 2.05) is 25.1 Å². The van der Waals surface area contributed by atoms with E-state index in [1.54, 1.807) is 6.92 Å². The zero-order valence-corrected chi connectivity index (χ0v) is 10.6. The van der Waals surface area contributed by atoms with E-state index < -0.39 is 0 Å². The lowest BCUT2D eigenvalue weighted by atomic mass is 10.1. The summed E-state index contributed by atoms with van der Waals surface area (Å²) in [6, 6.07) is 10.2. The fourth-order valence-electron chi connectivity index (χ4n) is 1.57. The maximum absolute atomic E-state index is 11.2. The summed E-state index contributed by atoms with van der Waals surface area (Å²) < 4.78 is 4.84. The molecule has 1 aromatic carbocycles. The van der Waals surface area contributed by atoms with Gasteiger partial charge in [-0.1, -0.05) is 30.3 Å². The maximum atomic E-state index is 11.2. The molecule has 1 aromatic rings. The average Bonchev–Trinajstić information content (AvgIpc) is 2.30. The molecule has 1 rings (SSSR count). The van der Waals surface area contributed by atoms with Gasteiger partial charge in [-0.3, -0.25) is 0 Å². The molecule has 0 heterocycles. The molecule has 3 nitrogen and oxygen atoms in total. The number of esters is 1. The second-order valence-corrected chi connectivity index (χ2v) is 3.86. The fraction of sp³-hybridized carbons (Fsp3) is 0.357. The second-order valence-electron chi connectivity index (χ2n) is 3.86.